The van der Waals surface area contributed by atoms with Gasteiger partial charge in [0, 0.05) is 51.2 Å². The maximum absolute atomic E-state index is 10.5. The van der Waals surface area contributed by atoms with E-state index in [1.807, 2.05) is 0 Å². The van der Waals surface area contributed by atoms with Gasteiger partial charge >= 0.3 is 0 Å². The SMILES string of the molecule is NCC1(O)CCC2CC1CN2CCN1CCOCC1. The van der Waals surface area contributed by atoms with E-state index in [9.17, 15) is 5.11 Å². The van der Waals surface area contributed by atoms with Gasteiger partial charge in [-0.05, 0) is 19.3 Å². The molecule has 5 nitrogen and oxygen atoms in total. The lowest BCUT2D eigenvalue weighted by Crippen LogP contribution is -2.47. The van der Waals surface area contributed by atoms with Gasteiger partial charge < -0.3 is 15.6 Å². The average Bonchev–Trinajstić information content (AvgIpc) is 2.82. The Balaban J connectivity index is 1.50. The van der Waals surface area contributed by atoms with Gasteiger partial charge in [0.2, 0.25) is 0 Å². The third-order valence-corrected chi connectivity index (χ3v) is 5.36. The third kappa shape index (κ3) is 2.81. The fourth-order valence-electron chi connectivity index (χ4n) is 3.93. The van der Waals surface area contributed by atoms with E-state index in [-0.39, 0.29) is 0 Å². The lowest BCUT2D eigenvalue weighted by atomic mass is 9.76. The summed E-state index contributed by atoms with van der Waals surface area (Å²) in [5.74, 6) is 0.390. The Hall–Kier alpha value is -0.200. The highest BCUT2D eigenvalue weighted by Crippen LogP contribution is 2.41. The summed E-state index contributed by atoms with van der Waals surface area (Å²) in [4.78, 5) is 5.06. The van der Waals surface area contributed by atoms with Crippen LogP contribution in [0, 0.1) is 5.92 Å². The first-order valence-corrected chi connectivity index (χ1v) is 7.68. The maximum atomic E-state index is 10.5. The molecular formula is C14H27N3O2. The lowest BCUT2D eigenvalue weighted by molar-refractivity contribution is -0.0246. The maximum Gasteiger partial charge on any atom is 0.0810 e. The van der Waals surface area contributed by atoms with Gasteiger partial charge in [0.1, 0.15) is 0 Å². The zero-order chi connectivity index (χ0) is 13.3. The summed E-state index contributed by atoms with van der Waals surface area (Å²) in [5.41, 5.74) is 5.17. The van der Waals surface area contributed by atoms with Crippen molar-refractivity contribution in [2.45, 2.75) is 30.9 Å². The first-order chi connectivity index (χ1) is 9.21. The fraction of sp³-hybridized carbons (Fsp3) is 1.00. The summed E-state index contributed by atoms with van der Waals surface area (Å²) < 4.78 is 5.38. The van der Waals surface area contributed by atoms with Gasteiger partial charge in [0.15, 0.2) is 0 Å². The molecule has 3 rings (SSSR count). The first kappa shape index (κ1) is 13.8. The normalized spacial score (nSPS) is 40.7. The number of nitrogens with zero attached hydrogens (tertiary/aromatic N) is 2. The predicted octanol–water partition coefficient (Wildman–Crippen LogP) is -0.507. The highest BCUT2D eigenvalue weighted by atomic mass is 16.5. The molecule has 2 heterocycles. The van der Waals surface area contributed by atoms with Crippen LogP contribution >= 0.6 is 0 Å². The van der Waals surface area contributed by atoms with E-state index < -0.39 is 5.60 Å². The molecular weight excluding hydrogens is 242 g/mol. The van der Waals surface area contributed by atoms with Crippen molar-refractivity contribution >= 4 is 0 Å². The van der Waals surface area contributed by atoms with Gasteiger partial charge in [-0.3, -0.25) is 9.80 Å². The molecule has 2 saturated heterocycles. The Morgan fingerprint density at radius 2 is 2.05 bits per heavy atom. The van der Waals surface area contributed by atoms with Crippen molar-refractivity contribution in [3.8, 4) is 0 Å². The topological polar surface area (TPSA) is 62.0 Å². The molecule has 0 radical (unpaired) electrons. The predicted molar refractivity (Wildman–Crippen MR) is 74.0 cm³/mol. The molecule has 0 aromatic heterocycles. The van der Waals surface area contributed by atoms with E-state index in [1.54, 1.807) is 0 Å². The molecule has 3 aliphatic rings. The minimum absolute atomic E-state index is 0.390. The fourth-order valence-corrected chi connectivity index (χ4v) is 3.93. The number of rotatable bonds is 4. The summed E-state index contributed by atoms with van der Waals surface area (Å²) >= 11 is 0. The minimum Gasteiger partial charge on any atom is -0.388 e. The molecule has 2 bridgehead atoms. The van der Waals surface area contributed by atoms with E-state index in [1.165, 1.54) is 0 Å². The smallest absolute Gasteiger partial charge is 0.0810 e. The van der Waals surface area contributed by atoms with Crippen LogP contribution in [0.4, 0.5) is 0 Å². The van der Waals surface area contributed by atoms with Crippen molar-refractivity contribution in [1.82, 2.24) is 9.80 Å². The first-order valence-electron chi connectivity index (χ1n) is 7.68. The van der Waals surface area contributed by atoms with Crippen LogP contribution in [0.2, 0.25) is 0 Å². The van der Waals surface area contributed by atoms with Gasteiger partial charge in [0.25, 0.3) is 0 Å². The van der Waals surface area contributed by atoms with Crippen molar-refractivity contribution in [2.75, 3.05) is 52.5 Å². The standard InChI is InChI=1S/C14H27N3O2/c15-11-14(18)2-1-13-9-12(14)10-17(13)4-3-16-5-7-19-8-6-16/h12-13,18H,1-11,15H2. The van der Waals surface area contributed by atoms with Gasteiger partial charge in [-0.25, -0.2) is 0 Å². The summed E-state index contributed by atoms with van der Waals surface area (Å²) in [7, 11) is 0. The van der Waals surface area contributed by atoms with Crippen LogP contribution in [0.15, 0.2) is 0 Å². The molecule has 0 spiro atoms. The number of likely N-dealkylation sites (tertiary alicyclic amines) is 1. The molecule has 3 atom stereocenters. The molecule has 3 fully saturated rings. The largest absolute Gasteiger partial charge is 0.388 e. The molecule has 5 heteroatoms. The molecule has 0 amide bonds. The number of aliphatic hydroxyl groups is 1. The Morgan fingerprint density at radius 1 is 1.26 bits per heavy atom. The number of fused-ring (bicyclic) bond motifs is 2. The van der Waals surface area contributed by atoms with E-state index >= 15 is 0 Å². The summed E-state index contributed by atoms with van der Waals surface area (Å²) in [6.07, 6.45) is 3.12. The monoisotopic (exact) mass is 269 g/mol. The van der Waals surface area contributed by atoms with Gasteiger partial charge in [-0.15, -0.1) is 0 Å². The van der Waals surface area contributed by atoms with Crippen LogP contribution in [-0.4, -0.2) is 79.0 Å². The van der Waals surface area contributed by atoms with E-state index in [0.717, 1.165) is 65.2 Å². The van der Waals surface area contributed by atoms with Gasteiger partial charge in [-0.2, -0.15) is 0 Å². The minimum atomic E-state index is -0.593. The number of ether oxygens (including phenoxy) is 1. The molecule has 19 heavy (non-hydrogen) atoms. The van der Waals surface area contributed by atoms with Crippen LogP contribution in [0.5, 0.6) is 0 Å². The van der Waals surface area contributed by atoms with Crippen LogP contribution in [0.25, 0.3) is 0 Å². The highest BCUT2D eigenvalue weighted by molar-refractivity contribution is 5.02. The number of nitrogens with two attached hydrogens (primary N) is 1. The Kier molecular flexibility index (Phi) is 4.10. The van der Waals surface area contributed by atoms with Gasteiger partial charge in [0.05, 0.1) is 18.8 Å². The molecule has 0 aromatic rings. The molecule has 1 saturated carbocycles. The van der Waals surface area contributed by atoms with Crippen molar-refractivity contribution in [3.63, 3.8) is 0 Å². The summed E-state index contributed by atoms with van der Waals surface area (Å²) in [6.45, 7) is 7.58. The zero-order valence-corrected chi connectivity index (χ0v) is 11.8. The van der Waals surface area contributed by atoms with Crippen LogP contribution in [-0.2, 0) is 4.74 Å². The van der Waals surface area contributed by atoms with Crippen molar-refractivity contribution in [3.05, 3.63) is 0 Å². The molecule has 3 unspecified atom stereocenters. The van der Waals surface area contributed by atoms with Crippen molar-refractivity contribution < 1.29 is 9.84 Å². The number of hydrogen-bond donors (Lipinski definition) is 2. The van der Waals surface area contributed by atoms with Crippen molar-refractivity contribution in [2.24, 2.45) is 11.7 Å². The molecule has 110 valence electrons. The second-order valence-corrected chi connectivity index (χ2v) is 6.38. The van der Waals surface area contributed by atoms with E-state index in [4.69, 9.17) is 10.5 Å². The Morgan fingerprint density at radius 3 is 2.79 bits per heavy atom. The second-order valence-electron chi connectivity index (χ2n) is 6.38. The van der Waals surface area contributed by atoms with Gasteiger partial charge in [-0.1, -0.05) is 0 Å². The van der Waals surface area contributed by atoms with Crippen LogP contribution < -0.4 is 5.73 Å². The lowest BCUT2D eigenvalue weighted by Gasteiger charge is -2.36. The zero-order valence-electron chi connectivity index (χ0n) is 11.8. The quantitative estimate of drug-likeness (QED) is 0.720. The third-order valence-electron chi connectivity index (χ3n) is 5.36. The highest BCUT2D eigenvalue weighted by Gasteiger charge is 2.47. The van der Waals surface area contributed by atoms with Crippen molar-refractivity contribution in [1.29, 1.82) is 0 Å². The van der Waals surface area contributed by atoms with Crippen LogP contribution in [0.1, 0.15) is 19.3 Å². The van der Waals surface area contributed by atoms with Crippen LogP contribution in [0.3, 0.4) is 0 Å². The molecule has 3 N–H and O–H groups in total. The summed E-state index contributed by atoms with van der Waals surface area (Å²) in [6, 6.07) is 0.679. The molecule has 2 aliphatic heterocycles. The number of hydrogen-bond acceptors (Lipinski definition) is 5. The van der Waals surface area contributed by atoms with E-state index in [0.29, 0.717) is 18.5 Å². The second kappa shape index (κ2) is 5.66. The Bertz CT molecular complexity index is 309. The molecule has 1 aliphatic carbocycles. The van der Waals surface area contributed by atoms with E-state index in [2.05, 4.69) is 9.80 Å². The molecule has 0 aromatic carbocycles. The Labute approximate surface area is 115 Å². The average molecular weight is 269 g/mol. The number of morpholine rings is 1. The summed E-state index contributed by atoms with van der Waals surface area (Å²) in [5, 5.41) is 10.5.